The van der Waals surface area contributed by atoms with Gasteiger partial charge in [-0.15, -0.1) is 0 Å². The fraction of sp³-hybridized carbons (Fsp3) is 0.650. The van der Waals surface area contributed by atoms with Crippen LogP contribution in [-0.4, -0.2) is 36.5 Å². The van der Waals surface area contributed by atoms with Crippen molar-refractivity contribution in [3.05, 3.63) is 35.9 Å². The molecule has 1 atom stereocenters. The van der Waals surface area contributed by atoms with E-state index in [-0.39, 0.29) is 17.4 Å². The van der Waals surface area contributed by atoms with E-state index in [0.29, 0.717) is 0 Å². The number of hydrogen-bond acceptors (Lipinski definition) is 2. The fourth-order valence-electron chi connectivity index (χ4n) is 4.29. The highest BCUT2D eigenvalue weighted by molar-refractivity contribution is 5.81. The molecule has 0 spiro atoms. The third kappa shape index (κ3) is 3.77. The van der Waals surface area contributed by atoms with E-state index in [9.17, 15) is 4.79 Å². The third-order valence-corrected chi connectivity index (χ3v) is 5.87. The van der Waals surface area contributed by atoms with Gasteiger partial charge in [-0.05, 0) is 51.3 Å². The molecule has 1 aromatic rings. The average Bonchev–Trinajstić information content (AvgIpc) is 3.11. The van der Waals surface area contributed by atoms with Gasteiger partial charge in [0.1, 0.15) is 0 Å². The highest BCUT2D eigenvalue weighted by atomic mass is 16.2. The van der Waals surface area contributed by atoms with E-state index in [1.807, 2.05) is 0 Å². The van der Waals surface area contributed by atoms with Gasteiger partial charge in [0.2, 0.25) is 5.91 Å². The largest absolute Gasteiger partial charge is 0.354 e. The normalized spacial score (nSPS) is 22.7. The first-order valence-corrected chi connectivity index (χ1v) is 9.29. The molecule has 3 nitrogen and oxygen atoms in total. The van der Waals surface area contributed by atoms with E-state index in [2.05, 4.69) is 47.5 Å². The van der Waals surface area contributed by atoms with Gasteiger partial charge < -0.3 is 5.32 Å². The minimum atomic E-state index is 0.00419. The van der Waals surface area contributed by atoms with Gasteiger partial charge in [0.25, 0.3) is 0 Å². The third-order valence-electron chi connectivity index (χ3n) is 5.87. The molecular weight excluding hydrogens is 284 g/mol. The molecule has 1 amide bonds. The number of rotatable bonds is 5. The predicted octanol–water partition coefficient (Wildman–Crippen LogP) is 3.49. The monoisotopic (exact) mass is 314 g/mol. The maximum absolute atomic E-state index is 12.6. The Morgan fingerprint density at radius 1 is 1.09 bits per heavy atom. The van der Waals surface area contributed by atoms with E-state index < -0.39 is 0 Å². The first-order valence-electron chi connectivity index (χ1n) is 9.29. The zero-order valence-corrected chi connectivity index (χ0v) is 14.4. The molecule has 2 fully saturated rings. The minimum absolute atomic E-state index is 0.00419. The average molecular weight is 314 g/mol. The Morgan fingerprint density at radius 2 is 1.74 bits per heavy atom. The molecule has 3 rings (SSSR count). The fourth-order valence-corrected chi connectivity index (χ4v) is 4.29. The summed E-state index contributed by atoms with van der Waals surface area (Å²) in [6, 6.07) is 10.8. The zero-order chi connectivity index (χ0) is 16.1. The first kappa shape index (κ1) is 16.5. The number of amides is 1. The second-order valence-corrected chi connectivity index (χ2v) is 7.34. The maximum atomic E-state index is 12.6. The van der Waals surface area contributed by atoms with Gasteiger partial charge in [0.05, 0.1) is 6.04 Å². The Kier molecular flexibility index (Phi) is 5.37. The van der Waals surface area contributed by atoms with E-state index in [1.54, 1.807) is 0 Å². The molecule has 126 valence electrons. The van der Waals surface area contributed by atoms with Gasteiger partial charge in [-0.25, -0.2) is 0 Å². The van der Waals surface area contributed by atoms with Crippen molar-refractivity contribution in [3.63, 3.8) is 0 Å². The summed E-state index contributed by atoms with van der Waals surface area (Å²) >= 11 is 0. The van der Waals surface area contributed by atoms with Crippen LogP contribution in [0, 0.1) is 0 Å². The lowest BCUT2D eigenvalue weighted by molar-refractivity contribution is -0.126. The first-order chi connectivity index (χ1) is 11.2. The van der Waals surface area contributed by atoms with E-state index in [4.69, 9.17) is 0 Å². The molecule has 1 aliphatic carbocycles. The second-order valence-electron chi connectivity index (χ2n) is 7.34. The summed E-state index contributed by atoms with van der Waals surface area (Å²) in [6.45, 7) is 4.98. The van der Waals surface area contributed by atoms with Gasteiger partial charge in [0, 0.05) is 12.0 Å². The molecule has 0 aromatic heterocycles. The van der Waals surface area contributed by atoms with Crippen molar-refractivity contribution in [2.24, 2.45) is 0 Å². The highest BCUT2D eigenvalue weighted by Crippen LogP contribution is 2.40. The van der Waals surface area contributed by atoms with Gasteiger partial charge in [0.15, 0.2) is 0 Å². The lowest BCUT2D eigenvalue weighted by Crippen LogP contribution is -2.49. The van der Waals surface area contributed by atoms with Crippen LogP contribution >= 0.6 is 0 Å². The summed E-state index contributed by atoms with van der Waals surface area (Å²) in [6.07, 6.45) is 8.68. The van der Waals surface area contributed by atoms with Gasteiger partial charge >= 0.3 is 0 Å². The van der Waals surface area contributed by atoms with Crippen LogP contribution in [0.15, 0.2) is 30.3 Å². The molecule has 23 heavy (non-hydrogen) atoms. The molecule has 2 aliphatic rings. The van der Waals surface area contributed by atoms with Crippen molar-refractivity contribution in [2.75, 3.05) is 19.6 Å². The molecule has 0 bridgehead atoms. The van der Waals surface area contributed by atoms with Crippen molar-refractivity contribution < 1.29 is 4.79 Å². The van der Waals surface area contributed by atoms with E-state index in [0.717, 1.165) is 19.6 Å². The molecule has 0 radical (unpaired) electrons. The molecule has 1 aromatic carbocycles. The smallest absolute Gasteiger partial charge is 0.237 e. The van der Waals surface area contributed by atoms with Crippen molar-refractivity contribution in [1.82, 2.24) is 10.2 Å². The number of carbonyl (C=O) groups is 1. The molecule has 1 saturated heterocycles. The minimum Gasteiger partial charge on any atom is -0.354 e. The summed E-state index contributed by atoms with van der Waals surface area (Å²) < 4.78 is 0. The quantitative estimate of drug-likeness (QED) is 0.902. The maximum Gasteiger partial charge on any atom is 0.237 e. The van der Waals surface area contributed by atoms with Gasteiger partial charge in [-0.2, -0.15) is 0 Å². The Bertz CT molecular complexity index is 502. The standard InChI is InChI=1S/C20H30N2O/c1-17(22-14-8-3-9-15-22)19(23)21-16-20(12-6-7-13-20)18-10-4-2-5-11-18/h2,4-5,10-11,17H,3,6-9,12-16H2,1H3,(H,21,23)/t17-/m1/s1. The topological polar surface area (TPSA) is 32.3 Å². The molecule has 1 aliphatic heterocycles. The Hall–Kier alpha value is -1.35. The zero-order valence-electron chi connectivity index (χ0n) is 14.4. The Morgan fingerprint density at radius 3 is 2.39 bits per heavy atom. The summed E-state index contributed by atoms with van der Waals surface area (Å²) in [4.78, 5) is 15.0. The van der Waals surface area contributed by atoms with E-state index in [1.165, 1.54) is 50.5 Å². The summed E-state index contributed by atoms with van der Waals surface area (Å²) in [5.41, 5.74) is 1.54. The highest BCUT2D eigenvalue weighted by Gasteiger charge is 2.36. The number of likely N-dealkylation sites (tertiary alicyclic amines) is 1. The molecule has 1 N–H and O–H groups in total. The second kappa shape index (κ2) is 7.48. The van der Waals surface area contributed by atoms with E-state index >= 15 is 0 Å². The summed E-state index contributed by atoms with van der Waals surface area (Å²) in [7, 11) is 0. The van der Waals surface area contributed by atoms with Crippen LogP contribution in [0.5, 0.6) is 0 Å². The predicted molar refractivity (Wildman–Crippen MR) is 94.5 cm³/mol. The van der Waals surface area contributed by atoms with Crippen molar-refractivity contribution >= 4 is 5.91 Å². The molecule has 3 heteroatoms. The molecule has 0 unspecified atom stereocenters. The van der Waals surface area contributed by atoms with Crippen LogP contribution < -0.4 is 5.32 Å². The SMILES string of the molecule is C[C@H](C(=O)NCC1(c2ccccc2)CCCC1)N1CCCCC1. The van der Waals surface area contributed by atoms with Crippen molar-refractivity contribution in [3.8, 4) is 0 Å². The number of nitrogens with zero attached hydrogens (tertiary/aromatic N) is 1. The lowest BCUT2D eigenvalue weighted by atomic mass is 9.79. The van der Waals surface area contributed by atoms with Gasteiger partial charge in [-0.1, -0.05) is 49.6 Å². The van der Waals surface area contributed by atoms with Gasteiger partial charge in [-0.3, -0.25) is 9.69 Å². The molecule has 1 heterocycles. The van der Waals surface area contributed by atoms with Crippen LogP contribution in [-0.2, 0) is 10.2 Å². The lowest BCUT2D eigenvalue weighted by Gasteiger charge is -2.34. The molecular formula is C20H30N2O. The van der Waals surface area contributed by atoms with Crippen LogP contribution in [0.25, 0.3) is 0 Å². The number of carbonyl (C=O) groups excluding carboxylic acids is 1. The summed E-state index contributed by atoms with van der Waals surface area (Å²) in [5.74, 6) is 0.203. The Labute approximate surface area is 140 Å². The van der Waals surface area contributed by atoms with Crippen LogP contribution in [0.2, 0.25) is 0 Å². The van der Waals surface area contributed by atoms with Crippen molar-refractivity contribution in [2.45, 2.75) is 63.3 Å². The Balaban J connectivity index is 1.62. The van der Waals surface area contributed by atoms with Crippen LogP contribution in [0.4, 0.5) is 0 Å². The number of benzene rings is 1. The molecule has 1 saturated carbocycles. The van der Waals surface area contributed by atoms with Crippen LogP contribution in [0.1, 0.15) is 57.4 Å². The number of nitrogens with one attached hydrogen (secondary N) is 1. The summed E-state index contributed by atoms with van der Waals surface area (Å²) in [5, 5.41) is 3.28. The van der Waals surface area contributed by atoms with Crippen molar-refractivity contribution in [1.29, 1.82) is 0 Å². The van der Waals surface area contributed by atoms with Crippen LogP contribution in [0.3, 0.4) is 0 Å². The number of piperidine rings is 1. The number of hydrogen-bond donors (Lipinski definition) is 1.